The molecule has 3 aromatic carbocycles. The van der Waals surface area contributed by atoms with E-state index in [1.165, 1.54) is 7.11 Å². The monoisotopic (exact) mass is 348 g/mol. The van der Waals surface area contributed by atoms with Crippen LogP contribution in [0.25, 0.3) is 0 Å². The Morgan fingerprint density at radius 2 is 1.35 bits per heavy atom. The summed E-state index contributed by atoms with van der Waals surface area (Å²) in [5.74, 6) is -0.670. The van der Waals surface area contributed by atoms with Crippen molar-refractivity contribution in [3.8, 4) is 0 Å². The smallest absolute Gasteiger partial charge is 0.329 e. The van der Waals surface area contributed by atoms with E-state index in [1.807, 2.05) is 30.3 Å². The molecule has 23 heavy (non-hydrogen) atoms. The third-order valence-electron chi connectivity index (χ3n) is 3.06. The molecule has 124 valence electrons. The van der Waals surface area contributed by atoms with Crippen molar-refractivity contribution in [3.05, 3.63) is 95.6 Å². The van der Waals surface area contributed by atoms with E-state index < -0.39 is 5.97 Å². The number of ketones is 1. The number of carbonyl (C=O) groups excluding carboxylic acids is 2. The molecule has 4 heteroatoms. The molecule has 0 radical (unpaired) electrons. The Morgan fingerprint density at radius 1 is 0.870 bits per heavy atom. The van der Waals surface area contributed by atoms with Crippen molar-refractivity contribution >= 4 is 11.8 Å². The molecule has 0 saturated heterocycles. The zero-order chi connectivity index (χ0) is 15.8. The molecule has 0 aliphatic heterocycles. The summed E-state index contributed by atoms with van der Waals surface area (Å²) in [5.41, 5.74) is 1.23. The first-order valence-electron chi connectivity index (χ1n) is 6.84. The largest absolute Gasteiger partial charge is 0.748 e. The fourth-order valence-corrected chi connectivity index (χ4v) is 1.97. The predicted octanol–water partition coefficient (Wildman–Crippen LogP) is 3.83. The van der Waals surface area contributed by atoms with E-state index in [9.17, 15) is 9.59 Å². The summed E-state index contributed by atoms with van der Waals surface area (Å²) < 4.78 is 4.65. The summed E-state index contributed by atoms with van der Waals surface area (Å²) in [6, 6.07) is 23.6. The van der Waals surface area contributed by atoms with Crippen LogP contribution in [0.15, 0.2) is 78.9 Å². The minimum atomic E-state index is -0.500. The van der Waals surface area contributed by atoms with Crippen LogP contribution in [0.3, 0.4) is 0 Å². The van der Waals surface area contributed by atoms with E-state index in [4.69, 9.17) is 0 Å². The van der Waals surface area contributed by atoms with E-state index >= 15 is 0 Å². The van der Waals surface area contributed by atoms with Crippen LogP contribution in [0.2, 0.25) is 0 Å². The molecular formula is C19H16FeO3-6. The molecule has 0 aliphatic carbocycles. The topological polar surface area (TPSA) is 43.4 Å². The molecule has 0 fully saturated rings. The number of hydrogen-bond acceptors (Lipinski definition) is 3. The second-order valence-corrected chi connectivity index (χ2v) is 4.50. The Bertz CT molecular complexity index is 696. The van der Waals surface area contributed by atoms with Crippen LogP contribution in [-0.2, 0) is 21.8 Å². The van der Waals surface area contributed by atoms with Crippen LogP contribution in [0.5, 0.6) is 0 Å². The summed E-state index contributed by atoms with van der Waals surface area (Å²) in [4.78, 5) is 23.7. The van der Waals surface area contributed by atoms with Crippen LogP contribution in [0.1, 0.15) is 26.3 Å². The van der Waals surface area contributed by atoms with Gasteiger partial charge in [-0.2, -0.15) is 12.1 Å². The minimum absolute atomic E-state index is 0. The molecular weight excluding hydrogens is 332 g/mol. The molecule has 0 atom stereocenters. The molecule has 3 rings (SSSR count). The van der Waals surface area contributed by atoms with Gasteiger partial charge >= 0.3 is 5.97 Å². The molecule has 0 amide bonds. The molecule has 0 bridgehead atoms. The molecule has 0 aliphatic rings. The van der Waals surface area contributed by atoms with Gasteiger partial charge in [0.15, 0.2) is 0 Å². The number of methoxy groups -OCH3 is 1. The number of ether oxygens (including phenoxy) is 1. The Hall–Kier alpha value is -2.42. The molecule has 0 aromatic heterocycles. The maximum atomic E-state index is 12.1. The fourth-order valence-electron chi connectivity index (χ4n) is 1.97. The van der Waals surface area contributed by atoms with Crippen LogP contribution >= 0.6 is 0 Å². The standard InChI is InChI=1S/C14H11O3.C5H5.Fe/c1-17-14(16)12-9-5-4-8-11(12)13(15)10-6-2-3-7-10;1-2-4-5-3-1;/h2-9H,1H3;1-5H;/q-1;-5;. The maximum Gasteiger partial charge on any atom is 0.329 e. The first kappa shape index (κ1) is 18.6. The van der Waals surface area contributed by atoms with Crippen molar-refractivity contribution in [2.45, 2.75) is 0 Å². The third kappa shape index (κ3) is 5.06. The van der Waals surface area contributed by atoms with Gasteiger partial charge in [-0.15, -0.1) is 12.1 Å². The number of carbonyl (C=O) groups is 2. The van der Waals surface area contributed by atoms with Gasteiger partial charge in [-0.25, -0.2) is 4.79 Å². The summed E-state index contributed by atoms with van der Waals surface area (Å²) in [6.45, 7) is 0. The van der Waals surface area contributed by atoms with Gasteiger partial charge in [0.25, 0.3) is 0 Å². The van der Waals surface area contributed by atoms with Crippen LogP contribution in [-0.4, -0.2) is 18.9 Å². The van der Waals surface area contributed by atoms with Crippen molar-refractivity contribution in [1.29, 1.82) is 0 Å². The van der Waals surface area contributed by atoms with Gasteiger partial charge in [0.05, 0.1) is 7.11 Å². The van der Waals surface area contributed by atoms with Gasteiger partial charge < -0.3 is 39.9 Å². The van der Waals surface area contributed by atoms with Gasteiger partial charge in [-0.3, -0.25) is 0 Å². The summed E-state index contributed by atoms with van der Waals surface area (Å²) in [5, 5.41) is 0. The number of hydrogen-bond donors (Lipinski definition) is 0. The molecule has 0 unspecified atom stereocenters. The number of benzene rings is 1. The summed E-state index contributed by atoms with van der Waals surface area (Å²) in [6.07, 6.45) is 0. The van der Waals surface area contributed by atoms with Gasteiger partial charge in [-0.1, -0.05) is 29.8 Å². The Morgan fingerprint density at radius 3 is 1.83 bits per heavy atom. The van der Waals surface area contributed by atoms with Crippen LogP contribution in [0, 0.1) is 0 Å². The van der Waals surface area contributed by atoms with Crippen molar-refractivity contribution in [3.63, 3.8) is 0 Å². The number of esters is 1. The van der Waals surface area contributed by atoms with Crippen LogP contribution < -0.4 is 0 Å². The average molecular weight is 348 g/mol. The minimum Gasteiger partial charge on any atom is -0.748 e. The Balaban J connectivity index is 0.000000377. The van der Waals surface area contributed by atoms with E-state index in [0.29, 0.717) is 16.7 Å². The first-order chi connectivity index (χ1) is 10.7. The van der Waals surface area contributed by atoms with Crippen LogP contribution in [0.4, 0.5) is 0 Å². The van der Waals surface area contributed by atoms with Gasteiger partial charge in [0.1, 0.15) is 5.78 Å². The van der Waals surface area contributed by atoms with Crippen molar-refractivity contribution in [2.75, 3.05) is 7.11 Å². The fraction of sp³-hybridized carbons (Fsp3) is 0.0526. The zero-order valence-electron chi connectivity index (χ0n) is 12.6. The molecule has 0 N–H and O–H groups in total. The Kier molecular flexibility index (Phi) is 7.75. The summed E-state index contributed by atoms with van der Waals surface area (Å²) >= 11 is 0. The van der Waals surface area contributed by atoms with E-state index in [-0.39, 0.29) is 22.9 Å². The molecule has 3 aromatic rings. The molecule has 3 nitrogen and oxygen atoms in total. The average Bonchev–Trinajstić information content (AvgIpc) is 3.28. The van der Waals surface area contributed by atoms with E-state index in [0.717, 1.165) is 0 Å². The summed E-state index contributed by atoms with van der Waals surface area (Å²) in [7, 11) is 1.30. The van der Waals surface area contributed by atoms with Crippen molar-refractivity contribution < 1.29 is 31.4 Å². The van der Waals surface area contributed by atoms with Crippen molar-refractivity contribution in [1.82, 2.24) is 0 Å². The predicted molar refractivity (Wildman–Crippen MR) is 85.3 cm³/mol. The Labute approximate surface area is 146 Å². The maximum absolute atomic E-state index is 12.1. The van der Waals surface area contributed by atoms with E-state index in [2.05, 4.69) is 4.74 Å². The third-order valence-corrected chi connectivity index (χ3v) is 3.06. The second kappa shape index (κ2) is 9.57. The quantitative estimate of drug-likeness (QED) is 0.313. The second-order valence-electron chi connectivity index (χ2n) is 4.50. The van der Waals surface area contributed by atoms with E-state index in [1.54, 1.807) is 48.5 Å². The molecule has 0 saturated carbocycles. The van der Waals surface area contributed by atoms with Gasteiger partial charge in [0.2, 0.25) is 0 Å². The van der Waals surface area contributed by atoms with Gasteiger partial charge in [-0.05, 0) is 5.56 Å². The van der Waals surface area contributed by atoms with Crippen molar-refractivity contribution in [2.24, 2.45) is 0 Å². The zero-order valence-corrected chi connectivity index (χ0v) is 13.7. The normalized spacial score (nSPS) is 9.09. The first-order valence-corrected chi connectivity index (χ1v) is 6.84. The molecule has 0 heterocycles. The van der Waals surface area contributed by atoms with Gasteiger partial charge in [0, 0.05) is 22.6 Å². The number of rotatable bonds is 3. The molecule has 0 spiro atoms. The SMILES string of the molecule is COC(=O)c1ccccc1C(=O)[c-]1cccc1.[Fe].[cH-]1[cH-][cH-][cH-][cH-]1.